The Morgan fingerprint density at radius 1 is 1.25 bits per heavy atom. The Labute approximate surface area is 120 Å². The molecular weight excluding hydrogens is 248 g/mol. The first-order valence-electron chi connectivity index (χ1n) is 7.45. The van der Waals surface area contributed by atoms with Gasteiger partial charge in [0.15, 0.2) is 0 Å². The minimum atomic E-state index is 0.277. The maximum absolute atomic E-state index is 4.77. The molecule has 0 saturated carbocycles. The van der Waals surface area contributed by atoms with Gasteiger partial charge in [-0.15, -0.1) is 0 Å². The van der Waals surface area contributed by atoms with Crippen LogP contribution in [0, 0.1) is 5.41 Å². The molecule has 0 aromatic carbocycles. The first kappa shape index (κ1) is 13.4. The maximum atomic E-state index is 4.77. The van der Waals surface area contributed by atoms with Gasteiger partial charge < -0.3 is 14.6 Å². The van der Waals surface area contributed by atoms with E-state index in [0.29, 0.717) is 0 Å². The second-order valence-electron chi connectivity index (χ2n) is 6.86. The minimum Gasteiger partial charge on any atom is -0.369 e. The van der Waals surface area contributed by atoms with Gasteiger partial charge in [-0.1, -0.05) is 20.8 Å². The third-order valence-corrected chi connectivity index (χ3v) is 3.69. The highest BCUT2D eigenvalue weighted by Gasteiger charge is 2.15. The van der Waals surface area contributed by atoms with E-state index in [4.69, 9.17) is 4.98 Å². The maximum Gasteiger partial charge on any atom is 0.139 e. The quantitative estimate of drug-likeness (QED) is 0.911. The highest BCUT2D eigenvalue weighted by molar-refractivity contribution is 5.57. The van der Waals surface area contributed by atoms with Gasteiger partial charge in [0.2, 0.25) is 0 Å². The molecule has 2 aromatic rings. The monoisotopic (exact) mass is 272 g/mol. The lowest BCUT2D eigenvalue weighted by molar-refractivity contribution is 0.407. The van der Waals surface area contributed by atoms with Crippen molar-refractivity contribution in [2.75, 3.05) is 31.1 Å². The Balaban J connectivity index is 1.87. The molecule has 0 unspecified atom stereocenters. The highest BCUT2D eigenvalue weighted by Crippen LogP contribution is 2.22. The van der Waals surface area contributed by atoms with Crippen LogP contribution in [-0.2, 0) is 6.42 Å². The van der Waals surface area contributed by atoms with Crippen LogP contribution in [0.2, 0.25) is 0 Å². The third kappa shape index (κ3) is 2.96. The Hall–Kier alpha value is -1.55. The van der Waals surface area contributed by atoms with Crippen LogP contribution in [0.1, 0.15) is 26.5 Å². The Morgan fingerprint density at radius 3 is 2.70 bits per heavy atom. The van der Waals surface area contributed by atoms with Gasteiger partial charge in [0.25, 0.3) is 0 Å². The summed E-state index contributed by atoms with van der Waals surface area (Å²) in [5.74, 6) is 0. The van der Waals surface area contributed by atoms with Crippen LogP contribution in [0.25, 0.3) is 5.65 Å². The molecule has 0 aliphatic carbocycles. The Bertz CT molecular complexity index is 588. The molecule has 4 nitrogen and oxygen atoms in total. The molecular formula is C16H24N4. The predicted molar refractivity (Wildman–Crippen MR) is 83.4 cm³/mol. The largest absolute Gasteiger partial charge is 0.369 e. The average Bonchev–Trinajstić information content (AvgIpc) is 2.78. The van der Waals surface area contributed by atoms with E-state index in [-0.39, 0.29) is 5.41 Å². The second kappa shape index (κ2) is 5.09. The van der Waals surface area contributed by atoms with E-state index in [1.54, 1.807) is 0 Å². The molecule has 0 bridgehead atoms. The van der Waals surface area contributed by atoms with Gasteiger partial charge in [-0.05, 0) is 17.9 Å². The number of imidazole rings is 1. The van der Waals surface area contributed by atoms with Crippen LogP contribution in [0.15, 0.2) is 24.5 Å². The van der Waals surface area contributed by atoms with Crippen LogP contribution < -0.4 is 10.2 Å². The number of hydrogen-bond donors (Lipinski definition) is 1. The van der Waals surface area contributed by atoms with E-state index < -0.39 is 0 Å². The number of anilines is 1. The van der Waals surface area contributed by atoms with Crippen molar-refractivity contribution in [1.29, 1.82) is 0 Å². The number of aromatic nitrogens is 2. The normalized spacial score (nSPS) is 16.9. The summed E-state index contributed by atoms with van der Waals surface area (Å²) < 4.78 is 2.13. The summed E-state index contributed by atoms with van der Waals surface area (Å²) in [6, 6.07) is 4.40. The predicted octanol–water partition coefficient (Wildman–Crippen LogP) is 2.33. The fourth-order valence-electron chi connectivity index (χ4n) is 2.77. The Morgan fingerprint density at radius 2 is 2.00 bits per heavy atom. The lowest BCUT2D eigenvalue weighted by Crippen LogP contribution is -2.43. The van der Waals surface area contributed by atoms with Crippen molar-refractivity contribution in [2.45, 2.75) is 27.2 Å². The van der Waals surface area contributed by atoms with Crippen molar-refractivity contribution in [3.63, 3.8) is 0 Å². The smallest absolute Gasteiger partial charge is 0.139 e. The molecule has 0 radical (unpaired) electrons. The molecule has 0 amide bonds. The Kier molecular flexibility index (Phi) is 3.42. The molecule has 0 atom stereocenters. The number of nitrogens with zero attached hydrogens (tertiary/aromatic N) is 3. The topological polar surface area (TPSA) is 32.6 Å². The van der Waals surface area contributed by atoms with Crippen molar-refractivity contribution in [3.05, 3.63) is 30.2 Å². The van der Waals surface area contributed by atoms with Gasteiger partial charge in [0.05, 0.1) is 5.69 Å². The molecule has 4 heteroatoms. The van der Waals surface area contributed by atoms with Crippen LogP contribution >= 0.6 is 0 Å². The van der Waals surface area contributed by atoms with E-state index in [0.717, 1.165) is 38.2 Å². The number of nitrogens with one attached hydrogen (secondary N) is 1. The molecule has 1 fully saturated rings. The van der Waals surface area contributed by atoms with E-state index in [2.05, 4.69) is 59.9 Å². The van der Waals surface area contributed by atoms with Gasteiger partial charge in [0, 0.05) is 50.3 Å². The van der Waals surface area contributed by atoms with Crippen molar-refractivity contribution >= 4 is 11.3 Å². The van der Waals surface area contributed by atoms with Crippen LogP contribution in [0.4, 0.5) is 5.69 Å². The van der Waals surface area contributed by atoms with Crippen molar-refractivity contribution < 1.29 is 0 Å². The van der Waals surface area contributed by atoms with E-state index in [1.165, 1.54) is 11.4 Å². The molecule has 108 valence electrons. The molecule has 1 N–H and O–H groups in total. The molecule has 3 heterocycles. The zero-order valence-corrected chi connectivity index (χ0v) is 12.7. The summed E-state index contributed by atoms with van der Waals surface area (Å²) in [5, 5.41) is 3.39. The number of pyridine rings is 1. The van der Waals surface area contributed by atoms with Crippen LogP contribution in [0.5, 0.6) is 0 Å². The third-order valence-electron chi connectivity index (χ3n) is 3.69. The van der Waals surface area contributed by atoms with E-state index >= 15 is 0 Å². The van der Waals surface area contributed by atoms with Crippen LogP contribution in [-0.4, -0.2) is 35.6 Å². The van der Waals surface area contributed by atoms with Gasteiger partial charge in [-0.2, -0.15) is 0 Å². The molecule has 3 rings (SSSR count). The molecule has 1 aliphatic rings. The SMILES string of the molecule is CC(C)(C)Cc1cn2ccc(N3CCNCC3)cc2n1. The molecule has 1 aliphatic heterocycles. The van der Waals surface area contributed by atoms with Crippen molar-refractivity contribution in [2.24, 2.45) is 5.41 Å². The number of rotatable bonds is 2. The number of piperazine rings is 1. The van der Waals surface area contributed by atoms with Gasteiger partial charge in [-0.3, -0.25) is 0 Å². The number of fused-ring (bicyclic) bond motifs is 1. The summed E-state index contributed by atoms with van der Waals surface area (Å²) in [5.41, 5.74) is 3.79. The molecule has 2 aromatic heterocycles. The highest BCUT2D eigenvalue weighted by atomic mass is 15.2. The second-order valence-corrected chi connectivity index (χ2v) is 6.86. The van der Waals surface area contributed by atoms with Gasteiger partial charge >= 0.3 is 0 Å². The van der Waals surface area contributed by atoms with Crippen molar-refractivity contribution in [1.82, 2.24) is 14.7 Å². The summed E-state index contributed by atoms with van der Waals surface area (Å²) in [4.78, 5) is 7.20. The lowest BCUT2D eigenvalue weighted by atomic mass is 9.91. The van der Waals surface area contributed by atoms with Gasteiger partial charge in [0.1, 0.15) is 5.65 Å². The fourth-order valence-corrected chi connectivity index (χ4v) is 2.77. The first-order valence-corrected chi connectivity index (χ1v) is 7.45. The summed E-state index contributed by atoms with van der Waals surface area (Å²) in [6.45, 7) is 11.0. The summed E-state index contributed by atoms with van der Waals surface area (Å²) in [6.07, 6.45) is 5.30. The zero-order chi connectivity index (χ0) is 14.2. The minimum absolute atomic E-state index is 0.277. The standard InChI is InChI=1S/C16H24N4/c1-16(2,3)11-13-12-20-7-4-14(10-15(20)18-13)19-8-5-17-6-9-19/h4,7,10,12,17H,5-6,8-9,11H2,1-3H3. The van der Waals surface area contributed by atoms with Crippen LogP contribution in [0.3, 0.4) is 0 Å². The van der Waals surface area contributed by atoms with E-state index in [9.17, 15) is 0 Å². The summed E-state index contributed by atoms with van der Waals surface area (Å²) in [7, 11) is 0. The average molecular weight is 272 g/mol. The zero-order valence-electron chi connectivity index (χ0n) is 12.7. The lowest BCUT2D eigenvalue weighted by Gasteiger charge is -2.29. The molecule has 1 saturated heterocycles. The first-order chi connectivity index (χ1) is 9.51. The van der Waals surface area contributed by atoms with E-state index in [1.807, 2.05) is 0 Å². The number of hydrogen-bond acceptors (Lipinski definition) is 3. The fraction of sp³-hybridized carbons (Fsp3) is 0.562. The molecule has 0 spiro atoms. The summed E-state index contributed by atoms with van der Waals surface area (Å²) >= 11 is 0. The van der Waals surface area contributed by atoms with Gasteiger partial charge in [-0.25, -0.2) is 4.98 Å². The van der Waals surface area contributed by atoms with Crippen molar-refractivity contribution in [3.8, 4) is 0 Å². The molecule has 20 heavy (non-hydrogen) atoms.